The highest BCUT2D eigenvalue weighted by Gasteiger charge is 2.54. The number of hydrogen-bond donors (Lipinski definition) is 5. The van der Waals surface area contributed by atoms with Gasteiger partial charge in [-0.2, -0.15) is 13.1 Å². The number of carbonyl (C=O) groups is 6. The number of nitrogens with zero attached hydrogens (tertiary/aromatic N) is 6. The first-order chi connectivity index (χ1) is 40.4. The van der Waals surface area contributed by atoms with Gasteiger partial charge >= 0.3 is 22.4 Å². The van der Waals surface area contributed by atoms with Gasteiger partial charge < -0.3 is 49.2 Å². The monoisotopic (exact) mass is 1270 g/mol. The molecule has 1 aliphatic heterocycles. The Labute approximate surface area is 508 Å². The molecule has 5 N–H and O–H groups in total. The highest BCUT2D eigenvalue weighted by molar-refractivity contribution is 7.84. The van der Waals surface area contributed by atoms with Gasteiger partial charge in [-0.1, -0.05) is 41.0 Å². The number of hydrogen-bond acceptors (Lipinski definition) is 20. The molecule has 0 bridgehead atoms. The van der Waals surface area contributed by atoms with Crippen molar-refractivity contribution in [3.05, 3.63) is 117 Å². The minimum Gasteiger partial charge on any atom is -0.497 e. The van der Waals surface area contributed by atoms with Crippen LogP contribution in [0.5, 0.6) is 23.0 Å². The number of β-lactam (4-membered cyclic amide) rings is 1. The molecule has 30 heteroatoms. The van der Waals surface area contributed by atoms with Gasteiger partial charge in [0.05, 0.1) is 55.3 Å². The molecule has 7 rings (SSSR count). The topological polar surface area (TPSA) is 320 Å². The van der Waals surface area contributed by atoms with Crippen molar-refractivity contribution in [1.82, 2.24) is 34.9 Å². The van der Waals surface area contributed by atoms with Crippen LogP contribution >= 0.6 is 34.3 Å². The van der Waals surface area contributed by atoms with E-state index in [1.165, 1.54) is 25.4 Å². The molecule has 26 nitrogen and oxygen atoms in total. The number of oxime groups is 1. The molecule has 3 aromatic carbocycles. The van der Waals surface area contributed by atoms with Crippen LogP contribution in [0.1, 0.15) is 98.7 Å². The van der Waals surface area contributed by atoms with E-state index in [1.807, 2.05) is 41.1 Å². The van der Waals surface area contributed by atoms with Crippen molar-refractivity contribution in [1.29, 1.82) is 0 Å². The van der Waals surface area contributed by atoms with E-state index in [1.54, 1.807) is 104 Å². The summed E-state index contributed by atoms with van der Waals surface area (Å²) in [5.41, 5.74) is -1.91. The summed E-state index contributed by atoms with van der Waals surface area (Å²) in [4.78, 5) is 94.5. The predicted octanol–water partition coefficient (Wildman–Crippen LogP) is 6.66. The summed E-state index contributed by atoms with van der Waals surface area (Å²) in [6.07, 6.45) is 4.51. The molecule has 1 fully saturated rings. The van der Waals surface area contributed by atoms with Gasteiger partial charge in [-0.25, -0.2) is 23.9 Å². The van der Waals surface area contributed by atoms with Gasteiger partial charge in [-0.05, 0) is 109 Å². The predicted molar refractivity (Wildman–Crippen MR) is 316 cm³/mol. The van der Waals surface area contributed by atoms with Crippen molar-refractivity contribution in [3.63, 3.8) is 0 Å². The van der Waals surface area contributed by atoms with Crippen LogP contribution in [0.3, 0.4) is 0 Å². The van der Waals surface area contributed by atoms with Gasteiger partial charge in [0.25, 0.3) is 23.6 Å². The summed E-state index contributed by atoms with van der Waals surface area (Å²) in [5.74, 6) is -2.53. The van der Waals surface area contributed by atoms with Crippen molar-refractivity contribution in [3.8, 4) is 33.6 Å². The normalized spacial score (nSPS) is 14.5. The summed E-state index contributed by atoms with van der Waals surface area (Å²) < 4.78 is 72.4. The van der Waals surface area contributed by atoms with Crippen LogP contribution in [0, 0.1) is 0 Å². The smallest absolute Gasteiger partial charge is 0.413 e. The number of anilines is 1. The number of halogens is 1. The minimum absolute atomic E-state index is 0.0436. The maximum Gasteiger partial charge on any atom is 0.413 e. The van der Waals surface area contributed by atoms with Gasteiger partial charge in [-0.3, -0.25) is 29.0 Å². The third-order valence-electron chi connectivity index (χ3n) is 12.2. The SMILES string of the molecule is COc1ccc(COc2ccc(C(=O)NCCCn3cc(-c4ncc(C(=O)NC[C@@H]5[C@H](NC(=O)/C(=N\OC(C)(C)C(=O)OC(C)(C)C)c6csc(NC(=O)OC(C)(C)C)n6)C(=O)N5S(=O)(=O)O)s4)c[n+]3C)c(Cl)c2OCc2ccc(OC)cc2)cc1. The second-order valence-electron chi connectivity index (χ2n) is 21.7. The van der Waals surface area contributed by atoms with E-state index in [4.69, 9.17) is 44.9 Å². The number of thiazole rings is 2. The van der Waals surface area contributed by atoms with Gasteiger partial charge in [0.1, 0.15) is 57.5 Å². The Balaban J connectivity index is 0.977. The first-order valence-electron chi connectivity index (χ1n) is 26.4. The number of benzene rings is 3. The zero-order valence-electron chi connectivity index (χ0n) is 48.8. The molecule has 4 heterocycles. The molecule has 0 aliphatic carbocycles. The maximum atomic E-state index is 14.1. The molecule has 5 amide bonds. The minimum atomic E-state index is -5.22. The summed E-state index contributed by atoms with van der Waals surface area (Å²) in [5, 5.41) is 16.0. The number of esters is 1. The second kappa shape index (κ2) is 27.3. The number of aromatic nitrogens is 4. The number of aryl methyl sites for hydroxylation is 2. The van der Waals surface area contributed by atoms with Crippen LogP contribution in [0.25, 0.3) is 10.6 Å². The molecular weight excluding hydrogens is 1200 g/mol. The number of carbonyl (C=O) groups excluding carboxylic acids is 6. The van der Waals surface area contributed by atoms with Gasteiger partial charge in [0.15, 0.2) is 29.4 Å². The molecule has 0 radical (unpaired) electrons. The first kappa shape index (κ1) is 65.2. The Bertz CT molecular complexity index is 3610. The summed E-state index contributed by atoms with van der Waals surface area (Å²) in [7, 11) is -0.260. The van der Waals surface area contributed by atoms with Crippen molar-refractivity contribution in [2.75, 3.05) is 32.6 Å². The molecule has 2 atom stereocenters. The first-order valence-corrected chi connectivity index (χ1v) is 29.9. The lowest BCUT2D eigenvalue weighted by atomic mass is 9.98. The fourth-order valence-electron chi connectivity index (χ4n) is 7.96. The van der Waals surface area contributed by atoms with Gasteiger partial charge in [0, 0.05) is 18.5 Å². The fraction of sp³-hybridized carbons (Fsp3) is 0.393. The lowest BCUT2D eigenvalue weighted by molar-refractivity contribution is -0.753. The molecule has 0 saturated carbocycles. The highest BCUT2D eigenvalue weighted by Crippen LogP contribution is 2.39. The third kappa shape index (κ3) is 17.2. The van der Waals surface area contributed by atoms with E-state index >= 15 is 0 Å². The molecule has 460 valence electrons. The molecule has 0 spiro atoms. The van der Waals surface area contributed by atoms with Crippen LogP contribution in [0.15, 0.2) is 89.8 Å². The quantitative estimate of drug-likeness (QED) is 0.00761. The third-order valence-corrected chi connectivity index (χ3v) is 15.4. The van der Waals surface area contributed by atoms with Crippen LogP contribution < -0.4 is 44.9 Å². The fourth-order valence-corrected chi connectivity index (χ4v) is 10.6. The van der Waals surface area contributed by atoms with E-state index in [2.05, 4.69) is 36.4 Å². The Morgan fingerprint density at radius 2 is 1.48 bits per heavy atom. The van der Waals surface area contributed by atoms with Crippen LogP contribution in [0.4, 0.5) is 9.93 Å². The summed E-state index contributed by atoms with van der Waals surface area (Å²) >= 11 is 8.77. The van der Waals surface area contributed by atoms with E-state index in [-0.39, 0.29) is 56.1 Å². The van der Waals surface area contributed by atoms with E-state index in [0.29, 0.717) is 40.8 Å². The number of amides is 5. The van der Waals surface area contributed by atoms with Crippen molar-refractivity contribution in [2.24, 2.45) is 12.2 Å². The van der Waals surface area contributed by atoms with Crippen LogP contribution in [0.2, 0.25) is 5.02 Å². The molecule has 1 aliphatic rings. The van der Waals surface area contributed by atoms with Gasteiger partial charge in [-0.15, -0.1) is 27.4 Å². The van der Waals surface area contributed by atoms with Crippen LogP contribution in [-0.4, -0.2) is 130 Å². The Kier molecular flexibility index (Phi) is 20.7. The van der Waals surface area contributed by atoms with E-state index in [9.17, 15) is 41.7 Å². The summed E-state index contributed by atoms with van der Waals surface area (Å²) in [6, 6.07) is 14.7. The Morgan fingerprint density at radius 1 is 0.849 bits per heavy atom. The Hall–Kier alpha value is -8.38. The molecule has 6 aromatic rings. The Morgan fingerprint density at radius 3 is 2.08 bits per heavy atom. The van der Waals surface area contributed by atoms with Crippen molar-refractivity contribution < 1.29 is 79.7 Å². The van der Waals surface area contributed by atoms with Gasteiger partial charge in [0.2, 0.25) is 11.8 Å². The standard InChI is InChI=1S/C56H65ClN10O16S3/c1-54(2,3)81-51(72)56(7,8)83-64-43(38-31-84-52(61-38)63-53(73)82-55(4,5)6)48(70)62-44-39(67(50(44)71)86(74,75)76)25-59-47(69)41-26-60-49(85-41)34-27-65(9)66(28-34)24-12-23-58-46(68)37-21-22-40(79-29-32-13-17-35(77-10)18-14-32)45(42(37)57)80-30-33-15-19-36(78-11)20-16-33/h13-22,26-28,31,39,44H,12,23-25,29-30H2,1-11H3,(H4-,58,59,61,62,63,68,69,70,73,74,75,76)/p+1/b64-43-/t39-,44+/m1/s1. The number of rotatable bonds is 25. The average molecular weight is 1270 g/mol. The lowest BCUT2D eigenvalue weighted by Gasteiger charge is -2.44. The zero-order valence-corrected chi connectivity index (χ0v) is 52.0. The maximum absolute atomic E-state index is 14.1. The molecule has 86 heavy (non-hydrogen) atoms. The lowest BCUT2D eigenvalue weighted by Crippen LogP contribution is -2.74. The molecule has 0 unspecified atom stereocenters. The average Bonchev–Trinajstić information content (AvgIpc) is 0.973. The summed E-state index contributed by atoms with van der Waals surface area (Å²) in [6.45, 7) is 12.9. The number of methoxy groups -OCH3 is 2. The molecule has 1 saturated heterocycles. The van der Waals surface area contributed by atoms with E-state index in [0.717, 1.165) is 33.8 Å². The number of nitrogens with one attached hydrogen (secondary N) is 4. The number of ether oxygens (including phenoxy) is 6. The van der Waals surface area contributed by atoms with Crippen LogP contribution in [-0.2, 0) is 65.8 Å². The molecular formula is C56H66ClN10O16S3+. The van der Waals surface area contributed by atoms with Crippen molar-refractivity contribution >= 4 is 91.1 Å². The van der Waals surface area contributed by atoms with Crippen molar-refractivity contribution in [2.45, 2.75) is 110 Å². The molecule has 3 aromatic heterocycles. The largest absolute Gasteiger partial charge is 0.497 e. The zero-order chi connectivity index (χ0) is 62.9. The second-order valence-corrected chi connectivity index (χ2v) is 25.2. The highest BCUT2D eigenvalue weighted by atomic mass is 35.5. The van der Waals surface area contributed by atoms with E-state index < -0.39 is 87.1 Å².